The molecule has 0 aliphatic carbocycles. The van der Waals surface area contributed by atoms with Gasteiger partial charge in [-0.2, -0.15) is 0 Å². The molecule has 0 saturated heterocycles. The van der Waals surface area contributed by atoms with E-state index < -0.39 is 17.7 Å². The first-order valence-corrected chi connectivity index (χ1v) is 6.74. The average Bonchev–Trinajstić information content (AvgIpc) is 2.75. The third-order valence-electron chi connectivity index (χ3n) is 3.37. The maximum absolute atomic E-state index is 12.1. The van der Waals surface area contributed by atoms with Crippen molar-refractivity contribution in [1.29, 1.82) is 0 Å². The highest BCUT2D eigenvalue weighted by Gasteiger charge is 2.37. The van der Waals surface area contributed by atoms with Gasteiger partial charge >= 0.3 is 0 Å². The minimum absolute atomic E-state index is 0.0932. The van der Waals surface area contributed by atoms with Crippen molar-refractivity contribution in [2.75, 3.05) is 11.9 Å². The Kier molecular flexibility index (Phi) is 3.42. The van der Waals surface area contributed by atoms with Gasteiger partial charge in [0.1, 0.15) is 12.2 Å². The number of fused-ring (bicyclic) bond motifs is 1. The summed E-state index contributed by atoms with van der Waals surface area (Å²) in [6.45, 7) is 1.61. The van der Waals surface area contributed by atoms with Crippen LogP contribution >= 0.6 is 0 Å². The Bertz CT molecular complexity index is 733. The predicted octanol–water partition coefficient (Wildman–Crippen LogP) is 1.62. The van der Waals surface area contributed by atoms with Gasteiger partial charge in [0.25, 0.3) is 11.8 Å². The number of anilines is 1. The topological polar surface area (TPSA) is 79.4 Å². The molecule has 1 aromatic heterocycles. The van der Waals surface area contributed by atoms with Gasteiger partial charge in [0.15, 0.2) is 0 Å². The van der Waals surface area contributed by atoms with Gasteiger partial charge in [-0.25, -0.2) is 0 Å². The molecule has 1 aromatic carbocycles. The fourth-order valence-corrected chi connectivity index (χ4v) is 2.24. The predicted molar refractivity (Wildman–Crippen MR) is 79.4 cm³/mol. The summed E-state index contributed by atoms with van der Waals surface area (Å²) in [5.41, 5.74) is 2.01. The van der Waals surface area contributed by atoms with Crippen LogP contribution in [0.25, 0.3) is 0 Å². The van der Waals surface area contributed by atoms with Crippen LogP contribution in [0.5, 0.6) is 0 Å². The van der Waals surface area contributed by atoms with E-state index in [-0.39, 0.29) is 17.8 Å². The van der Waals surface area contributed by atoms with Crippen LogP contribution in [0.15, 0.2) is 42.6 Å². The molecule has 1 aliphatic rings. The molecule has 3 rings (SSSR count). The summed E-state index contributed by atoms with van der Waals surface area (Å²) >= 11 is 0. The van der Waals surface area contributed by atoms with Crippen molar-refractivity contribution in [1.82, 2.24) is 9.88 Å². The van der Waals surface area contributed by atoms with Crippen LogP contribution < -0.4 is 5.32 Å². The lowest BCUT2D eigenvalue weighted by atomic mass is 10.2. The number of nitrogens with one attached hydrogen (secondary N) is 1. The first-order valence-electron chi connectivity index (χ1n) is 6.74. The largest absolute Gasteiger partial charge is 0.325 e. The molecule has 6 nitrogen and oxygen atoms in total. The summed E-state index contributed by atoms with van der Waals surface area (Å²) in [4.78, 5) is 41.0. The Morgan fingerprint density at radius 2 is 1.86 bits per heavy atom. The highest BCUT2D eigenvalue weighted by molar-refractivity contribution is 6.21. The second-order valence-corrected chi connectivity index (χ2v) is 5.01. The van der Waals surface area contributed by atoms with E-state index in [1.54, 1.807) is 18.2 Å². The summed E-state index contributed by atoms with van der Waals surface area (Å²) in [7, 11) is 0. The van der Waals surface area contributed by atoms with E-state index in [4.69, 9.17) is 0 Å². The van der Waals surface area contributed by atoms with Crippen LogP contribution in [0.2, 0.25) is 0 Å². The van der Waals surface area contributed by atoms with E-state index in [1.165, 1.54) is 12.3 Å². The standard InChI is InChI=1S/C16H13N3O3/c1-10-4-6-11(7-5-10)18-13(20)9-19-15(21)12-3-2-8-17-14(12)16(19)22/h2-8H,9H2,1H3,(H,18,20). The fraction of sp³-hybridized carbons (Fsp3) is 0.125. The molecule has 22 heavy (non-hydrogen) atoms. The Morgan fingerprint density at radius 3 is 2.55 bits per heavy atom. The number of pyridine rings is 1. The van der Waals surface area contributed by atoms with E-state index in [9.17, 15) is 14.4 Å². The molecule has 0 atom stereocenters. The summed E-state index contributed by atoms with van der Waals surface area (Å²) in [6.07, 6.45) is 1.44. The molecule has 1 aliphatic heterocycles. The molecule has 0 unspecified atom stereocenters. The fourth-order valence-electron chi connectivity index (χ4n) is 2.24. The summed E-state index contributed by atoms with van der Waals surface area (Å²) in [6, 6.07) is 10.4. The monoisotopic (exact) mass is 295 g/mol. The van der Waals surface area contributed by atoms with Crippen molar-refractivity contribution >= 4 is 23.4 Å². The Morgan fingerprint density at radius 1 is 1.14 bits per heavy atom. The highest BCUT2D eigenvalue weighted by Crippen LogP contribution is 2.20. The highest BCUT2D eigenvalue weighted by atomic mass is 16.2. The minimum Gasteiger partial charge on any atom is -0.325 e. The van der Waals surface area contributed by atoms with Crippen molar-refractivity contribution in [2.24, 2.45) is 0 Å². The van der Waals surface area contributed by atoms with Gasteiger partial charge in [-0.15, -0.1) is 0 Å². The van der Waals surface area contributed by atoms with Crippen molar-refractivity contribution in [3.05, 3.63) is 59.4 Å². The molecule has 0 saturated carbocycles. The number of hydrogen-bond acceptors (Lipinski definition) is 4. The number of aromatic nitrogens is 1. The zero-order chi connectivity index (χ0) is 15.7. The van der Waals surface area contributed by atoms with Gasteiger partial charge in [0.2, 0.25) is 5.91 Å². The number of carbonyl (C=O) groups excluding carboxylic acids is 3. The quantitative estimate of drug-likeness (QED) is 0.873. The first kappa shape index (κ1) is 13.9. The van der Waals surface area contributed by atoms with E-state index in [0.717, 1.165) is 10.5 Å². The third kappa shape index (κ3) is 2.46. The van der Waals surface area contributed by atoms with E-state index in [2.05, 4.69) is 10.3 Å². The van der Waals surface area contributed by atoms with Gasteiger partial charge in [-0.3, -0.25) is 24.3 Å². The Hall–Kier alpha value is -3.02. The number of aryl methyl sites for hydroxylation is 1. The maximum atomic E-state index is 12.1. The smallest absolute Gasteiger partial charge is 0.280 e. The molecule has 0 bridgehead atoms. The van der Waals surface area contributed by atoms with Crippen LogP contribution in [-0.2, 0) is 4.79 Å². The van der Waals surface area contributed by atoms with E-state index >= 15 is 0 Å². The van der Waals surface area contributed by atoms with Gasteiger partial charge in [-0.1, -0.05) is 17.7 Å². The van der Waals surface area contributed by atoms with Crippen LogP contribution in [0.3, 0.4) is 0 Å². The molecule has 3 amide bonds. The molecule has 6 heteroatoms. The number of amides is 3. The Balaban J connectivity index is 1.71. The van der Waals surface area contributed by atoms with Crippen molar-refractivity contribution in [2.45, 2.75) is 6.92 Å². The SMILES string of the molecule is Cc1ccc(NC(=O)CN2C(=O)c3cccnc3C2=O)cc1. The summed E-state index contributed by atoms with van der Waals surface area (Å²) < 4.78 is 0. The zero-order valence-electron chi connectivity index (χ0n) is 11.9. The second-order valence-electron chi connectivity index (χ2n) is 5.01. The van der Waals surface area contributed by atoms with Crippen LogP contribution in [0.1, 0.15) is 26.4 Å². The van der Waals surface area contributed by atoms with Crippen LogP contribution in [-0.4, -0.2) is 34.2 Å². The van der Waals surface area contributed by atoms with Crippen molar-refractivity contribution < 1.29 is 14.4 Å². The molecule has 0 radical (unpaired) electrons. The van der Waals surface area contributed by atoms with Gasteiger partial charge in [0.05, 0.1) is 5.56 Å². The van der Waals surface area contributed by atoms with E-state index in [1.807, 2.05) is 19.1 Å². The first-order chi connectivity index (χ1) is 10.6. The lowest BCUT2D eigenvalue weighted by molar-refractivity contribution is -0.116. The number of rotatable bonds is 3. The van der Waals surface area contributed by atoms with E-state index in [0.29, 0.717) is 5.69 Å². The number of nitrogens with zero attached hydrogens (tertiary/aromatic N) is 2. The van der Waals surface area contributed by atoms with Gasteiger partial charge < -0.3 is 5.32 Å². The molecule has 1 N–H and O–H groups in total. The minimum atomic E-state index is -0.542. The number of carbonyl (C=O) groups is 3. The zero-order valence-corrected chi connectivity index (χ0v) is 11.9. The molecule has 2 heterocycles. The van der Waals surface area contributed by atoms with Crippen molar-refractivity contribution in [3.63, 3.8) is 0 Å². The van der Waals surface area contributed by atoms with Crippen LogP contribution in [0, 0.1) is 6.92 Å². The second kappa shape index (κ2) is 5.40. The normalized spacial score (nSPS) is 13.2. The molecular formula is C16H13N3O3. The van der Waals surface area contributed by atoms with Gasteiger partial charge in [0, 0.05) is 11.9 Å². The Labute approximate surface area is 126 Å². The number of hydrogen-bond donors (Lipinski definition) is 1. The molecular weight excluding hydrogens is 282 g/mol. The third-order valence-corrected chi connectivity index (χ3v) is 3.37. The molecule has 110 valence electrons. The number of imide groups is 1. The lowest BCUT2D eigenvalue weighted by Gasteiger charge is -2.13. The number of benzene rings is 1. The molecule has 0 spiro atoms. The van der Waals surface area contributed by atoms with Crippen LogP contribution in [0.4, 0.5) is 5.69 Å². The average molecular weight is 295 g/mol. The summed E-state index contributed by atoms with van der Waals surface area (Å²) in [5, 5.41) is 2.66. The molecule has 0 fully saturated rings. The van der Waals surface area contributed by atoms with Gasteiger partial charge in [-0.05, 0) is 31.2 Å². The molecule has 2 aromatic rings. The lowest BCUT2D eigenvalue weighted by Crippen LogP contribution is -2.37. The maximum Gasteiger partial charge on any atom is 0.280 e. The summed E-state index contributed by atoms with van der Waals surface area (Å²) in [5.74, 6) is -1.47. The van der Waals surface area contributed by atoms with Crippen molar-refractivity contribution in [3.8, 4) is 0 Å².